The molecular weight excluding hydrogens is 376 g/mol. The molecule has 2 aromatic rings. The van der Waals surface area contributed by atoms with Crippen LogP contribution in [0.3, 0.4) is 0 Å². The molecule has 6 nitrogen and oxygen atoms in total. The van der Waals surface area contributed by atoms with E-state index in [4.69, 9.17) is 9.84 Å². The maximum Gasteiger partial charge on any atom is 0.335 e. The smallest absolute Gasteiger partial charge is 0.335 e. The molecular formula is C21H20N2O4S. The van der Waals surface area contributed by atoms with Gasteiger partial charge in [-0.1, -0.05) is 18.2 Å². The molecule has 7 heteroatoms. The molecule has 1 N–H and O–H groups in total. The number of benzene rings is 2. The van der Waals surface area contributed by atoms with Gasteiger partial charge in [-0.2, -0.15) is 0 Å². The van der Waals surface area contributed by atoms with Crippen molar-refractivity contribution in [1.29, 1.82) is 0 Å². The minimum absolute atomic E-state index is 0.123. The highest BCUT2D eigenvalue weighted by molar-refractivity contribution is 8.18. The lowest BCUT2D eigenvalue weighted by Crippen LogP contribution is -2.28. The summed E-state index contributed by atoms with van der Waals surface area (Å²) in [4.78, 5) is 30.5. The summed E-state index contributed by atoms with van der Waals surface area (Å²) in [6.07, 6.45) is 1.81. The number of likely N-dealkylation sites (N-methyl/N-ethyl adjacent to an activating group) is 1. The summed E-state index contributed by atoms with van der Waals surface area (Å²) in [7, 11) is 0. The van der Waals surface area contributed by atoms with Crippen LogP contribution in [0.4, 0.5) is 5.69 Å². The summed E-state index contributed by atoms with van der Waals surface area (Å²) in [5.41, 5.74) is 1.52. The second-order valence-corrected chi connectivity index (χ2v) is 6.92. The maximum absolute atomic E-state index is 12.8. The number of thioether (sulfide) groups is 1. The summed E-state index contributed by atoms with van der Waals surface area (Å²) in [6.45, 7) is 4.84. The summed E-state index contributed by atoms with van der Waals surface area (Å²) in [6, 6.07) is 13.9. The minimum Gasteiger partial charge on any atom is -0.494 e. The van der Waals surface area contributed by atoms with Crippen LogP contribution in [0.25, 0.3) is 6.08 Å². The first-order valence-corrected chi connectivity index (χ1v) is 9.69. The molecule has 2 aromatic carbocycles. The van der Waals surface area contributed by atoms with Gasteiger partial charge in [0.05, 0.1) is 22.8 Å². The molecule has 0 radical (unpaired) electrons. The van der Waals surface area contributed by atoms with Gasteiger partial charge in [0.15, 0.2) is 5.17 Å². The van der Waals surface area contributed by atoms with Crippen LogP contribution in [-0.2, 0) is 4.79 Å². The number of aromatic carboxylic acids is 1. The molecule has 0 aromatic heterocycles. The average molecular weight is 396 g/mol. The number of carboxylic acid groups (broad SMARTS) is 1. The van der Waals surface area contributed by atoms with Crippen molar-refractivity contribution < 1.29 is 19.4 Å². The van der Waals surface area contributed by atoms with Gasteiger partial charge in [-0.15, -0.1) is 0 Å². The van der Waals surface area contributed by atoms with Crippen molar-refractivity contribution >= 4 is 40.6 Å². The van der Waals surface area contributed by atoms with E-state index in [0.29, 0.717) is 28.9 Å². The van der Waals surface area contributed by atoms with Gasteiger partial charge < -0.3 is 9.84 Å². The highest BCUT2D eigenvalue weighted by atomic mass is 32.2. The molecule has 1 aliphatic heterocycles. The zero-order chi connectivity index (χ0) is 20.1. The predicted molar refractivity (Wildman–Crippen MR) is 111 cm³/mol. The Balaban J connectivity index is 1.91. The maximum atomic E-state index is 12.8. The van der Waals surface area contributed by atoms with E-state index in [9.17, 15) is 9.59 Å². The van der Waals surface area contributed by atoms with Gasteiger partial charge in [0.1, 0.15) is 5.75 Å². The van der Waals surface area contributed by atoms with Crippen LogP contribution in [0.1, 0.15) is 29.8 Å². The quantitative estimate of drug-likeness (QED) is 0.732. The largest absolute Gasteiger partial charge is 0.494 e. The second-order valence-electron chi connectivity index (χ2n) is 5.92. The third kappa shape index (κ3) is 4.43. The number of ether oxygens (including phenoxy) is 1. The molecule has 1 heterocycles. The number of hydrogen-bond acceptors (Lipinski definition) is 5. The van der Waals surface area contributed by atoms with E-state index in [1.165, 1.54) is 23.9 Å². The lowest BCUT2D eigenvalue weighted by Gasteiger charge is -2.12. The van der Waals surface area contributed by atoms with E-state index in [2.05, 4.69) is 4.99 Å². The van der Waals surface area contributed by atoms with Crippen LogP contribution >= 0.6 is 11.8 Å². The second kappa shape index (κ2) is 8.75. The monoisotopic (exact) mass is 396 g/mol. The first kappa shape index (κ1) is 19.7. The summed E-state index contributed by atoms with van der Waals surface area (Å²) in [5, 5.41) is 9.67. The fourth-order valence-corrected chi connectivity index (χ4v) is 3.76. The lowest BCUT2D eigenvalue weighted by molar-refractivity contribution is -0.122. The van der Waals surface area contributed by atoms with E-state index in [-0.39, 0.29) is 11.5 Å². The standard InChI is InChI=1S/C21H20N2O4S/c1-3-23-19(24)18(12-14-7-5-10-17(11-14)27-4-2)28-21(23)22-16-9-6-8-15(13-16)20(25)26/h5-13H,3-4H2,1-2H3,(H,25,26)/b18-12+,22-21?. The van der Waals surface area contributed by atoms with Gasteiger partial charge in [0, 0.05) is 6.54 Å². The number of carbonyl (C=O) groups is 2. The van der Waals surface area contributed by atoms with E-state index < -0.39 is 5.97 Å². The summed E-state index contributed by atoms with van der Waals surface area (Å²) in [5.74, 6) is -0.388. The first-order valence-electron chi connectivity index (χ1n) is 8.88. The zero-order valence-electron chi connectivity index (χ0n) is 15.6. The van der Waals surface area contributed by atoms with Crippen molar-refractivity contribution in [1.82, 2.24) is 4.90 Å². The van der Waals surface area contributed by atoms with Crippen molar-refractivity contribution in [3.8, 4) is 5.75 Å². The Bertz CT molecular complexity index is 968. The number of amides is 1. The molecule has 0 aliphatic carbocycles. The normalized spacial score (nSPS) is 16.8. The molecule has 0 bridgehead atoms. The van der Waals surface area contributed by atoms with Crippen LogP contribution in [0, 0.1) is 0 Å². The number of carbonyl (C=O) groups excluding carboxylic acids is 1. The lowest BCUT2D eigenvalue weighted by atomic mass is 10.2. The van der Waals surface area contributed by atoms with Crippen LogP contribution in [0.2, 0.25) is 0 Å². The fourth-order valence-electron chi connectivity index (χ4n) is 2.70. The van der Waals surface area contributed by atoms with Gasteiger partial charge >= 0.3 is 5.97 Å². The Morgan fingerprint density at radius 1 is 1.21 bits per heavy atom. The van der Waals surface area contributed by atoms with Crippen LogP contribution in [0.5, 0.6) is 5.75 Å². The SMILES string of the molecule is CCOc1cccc(/C=C2/SC(=Nc3cccc(C(=O)O)c3)N(CC)C2=O)c1. The number of aliphatic imine (C=N–C) groups is 1. The molecule has 3 rings (SSSR count). The number of nitrogens with zero attached hydrogens (tertiary/aromatic N) is 2. The van der Waals surface area contributed by atoms with E-state index in [1.54, 1.807) is 17.0 Å². The van der Waals surface area contributed by atoms with Crippen molar-refractivity contribution in [3.63, 3.8) is 0 Å². The van der Waals surface area contributed by atoms with Crippen LogP contribution in [-0.4, -0.2) is 40.2 Å². The Labute approximate surface area is 167 Å². The minimum atomic E-state index is -1.01. The van der Waals surface area contributed by atoms with E-state index in [0.717, 1.165) is 11.3 Å². The van der Waals surface area contributed by atoms with Crippen molar-refractivity contribution in [2.45, 2.75) is 13.8 Å². The van der Waals surface area contributed by atoms with Crippen LogP contribution in [0.15, 0.2) is 58.4 Å². The Morgan fingerprint density at radius 2 is 2.00 bits per heavy atom. The highest BCUT2D eigenvalue weighted by Gasteiger charge is 2.32. The Kier molecular flexibility index (Phi) is 6.16. The van der Waals surface area contributed by atoms with Crippen molar-refractivity contribution in [2.24, 2.45) is 4.99 Å². The molecule has 0 atom stereocenters. The molecule has 28 heavy (non-hydrogen) atoms. The third-order valence-electron chi connectivity index (χ3n) is 3.99. The van der Waals surface area contributed by atoms with Crippen molar-refractivity contribution in [2.75, 3.05) is 13.2 Å². The molecule has 1 saturated heterocycles. The predicted octanol–water partition coefficient (Wildman–Crippen LogP) is 4.41. The van der Waals surface area contributed by atoms with Gasteiger partial charge in [-0.05, 0) is 67.6 Å². The van der Waals surface area contributed by atoms with Gasteiger partial charge in [-0.3, -0.25) is 9.69 Å². The van der Waals surface area contributed by atoms with E-state index >= 15 is 0 Å². The van der Waals surface area contributed by atoms with Crippen LogP contribution < -0.4 is 4.74 Å². The Hall–Kier alpha value is -3.06. The molecule has 144 valence electrons. The topological polar surface area (TPSA) is 79.2 Å². The molecule has 0 spiro atoms. The highest BCUT2D eigenvalue weighted by Crippen LogP contribution is 2.34. The number of rotatable bonds is 6. The molecule has 0 unspecified atom stereocenters. The number of amidine groups is 1. The molecule has 1 fully saturated rings. The van der Waals surface area contributed by atoms with Gasteiger partial charge in [-0.25, -0.2) is 9.79 Å². The number of hydrogen-bond donors (Lipinski definition) is 1. The number of carboxylic acids is 1. The zero-order valence-corrected chi connectivity index (χ0v) is 16.4. The third-order valence-corrected chi connectivity index (χ3v) is 5.00. The average Bonchev–Trinajstić information content (AvgIpc) is 2.96. The summed E-state index contributed by atoms with van der Waals surface area (Å²) < 4.78 is 5.51. The van der Waals surface area contributed by atoms with Gasteiger partial charge in [0.2, 0.25) is 0 Å². The molecule has 0 saturated carbocycles. The fraction of sp³-hybridized carbons (Fsp3) is 0.190. The Morgan fingerprint density at radius 3 is 2.71 bits per heavy atom. The van der Waals surface area contributed by atoms with Gasteiger partial charge in [0.25, 0.3) is 5.91 Å². The van der Waals surface area contributed by atoms with E-state index in [1.807, 2.05) is 44.2 Å². The first-order chi connectivity index (χ1) is 13.5. The van der Waals surface area contributed by atoms with Crippen molar-refractivity contribution in [3.05, 3.63) is 64.6 Å². The molecule has 1 amide bonds. The molecule has 1 aliphatic rings. The summed E-state index contributed by atoms with van der Waals surface area (Å²) >= 11 is 1.27.